The third-order valence-corrected chi connectivity index (χ3v) is 4.72. The summed E-state index contributed by atoms with van der Waals surface area (Å²) in [7, 11) is 6.43. The number of hydrogen-bond donors (Lipinski definition) is 1. The van der Waals surface area contributed by atoms with E-state index in [0.29, 0.717) is 12.1 Å². The van der Waals surface area contributed by atoms with Crippen molar-refractivity contribution >= 4 is 0 Å². The molecule has 0 amide bonds. The molecule has 4 heteroatoms. The van der Waals surface area contributed by atoms with Gasteiger partial charge < -0.3 is 10.2 Å². The molecule has 1 unspecified atom stereocenters. The molecule has 20 heavy (non-hydrogen) atoms. The Balaban J connectivity index is 2.94. The first-order chi connectivity index (χ1) is 9.41. The molecule has 1 heterocycles. The average Bonchev–Trinajstić information content (AvgIpc) is 2.87. The lowest BCUT2D eigenvalue weighted by Gasteiger charge is -2.45. The maximum atomic E-state index is 4.70. The molecule has 0 aliphatic carbocycles. The van der Waals surface area contributed by atoms with Gasteiger partial charge in [-0.1, -0.05) is 13.8 Å². The van der Waals surface area contributed by atoms with E-state index in [9.17, 15) is 0 Å². The molecule has 0 bridgehead atoms. The molecular formula is C16H32N4. The molecule has 1 aromatic rings. The molecule has 1 N–H and O–H groups in total. The van der Waals surface area contributed by atoms with Crippen LogP contribution in [0.5, 0.6) is 0 Å². The van der Waals surface area contributed by atoms with Crippen LogP contribution in [-0.2, 0) is 6.42 Å². The predicted octanol–water partition coefficient (Wildman–Crippen LogP) is 2.71. The number of nitrogens with zero attached hydrogens (tertiary/aromatic N) is 3. The molecular weight excluding hydrogens is 248 g/mol. The zero-order valence-electron chi connectivity index (χ0n) is 14.3. The fourth-order valence-electron chi connectivity index (χ4n) is 3.23. The van der Waals surface area contributed by atoms with Gasteiger partial charge in [0.15, 0.2) is 0 Å². The quantitative estimate of drug-likeness (QED) is 0.795. The summed E-state index contributed by atoms with van der Waals surface area (Å²) in [5.74, 6) is 0. The third kappa shape index (κ3) is 3.41. The number of rotatable bonds is 8. The minimum absolute atomic E-state index is 0.177. The van der Waals surface area contributed by atoms with Crippen LogP contribution in [0.25, 0.3) is 0 Å². The zero-order chi connectivity index (χ0) is 15.3. The fourth-order valence-corrected chi connectivity index (χ4v) is 3.23. The van der Waals surface area contributed by atoms with Crippen molar-refractivity contribution in [2.45, 2.75) is 64.6 Å². The summed E-state index contributed by atoms with van der Waals surface area (Å²) in [6.45, 7) is 8.88. The van der Waals surface area contributed by atoms with Gasteiger partial charge in [0.05, 0.1) is 5.69 Å². The van der Waals surface area contributed by atoms with Gasteiger partial charge in [-0.15, -0.1) is 0 Å². The zero-order valence-corrected chi connectivity index (χ0v) is 14.3. The second kappa shape index (κ2) is 7.23. The van der Waals surface area contributed by atoms with Crippen molar-refractivity contribution < 1.29 is 0 Å². The topological polar surface area (TPSA) is 33.1 Å². The molecule has 0 saturated heterocycles. The Kier molecular flexibility index (Phi) is 6.21. The Labute approximate surface area is 124 Å². The van der Waals surface area contributed by atoms with Gasteiger partial charge in [-0.2, -0.15) is 5.10 Å². The van der Waals surface area contributed by atoms with Crippen molar-refractivity contribution in [1.29, 1.82) is 0 Å². The summed E-state index contributed by atoms with van der Waals surface area (Å²) >= 11 is 0. The minimum atomic E-state index is 0.177. The SMILES string of the molecule is CCC(CC)(C(Cc1ccn(C(C)C)n1)NC)N(C)C. The number of likely N-dealkylation sites (N-methyl/N-ethyl adjacent to an activating group) is 2. The molecule has 0 aliphatic rings. The number of aromatic nitrogens is 2. The lowest BCUT2D eigenvalue weighted by molar-refractivity contribution is 0.0912. The second-order valence-electron chi connectivity index (χ2n) is 6.13. The van der Waals surface area contributed by atoms with E-state index in [1.807, 2.05) is 4.68 Å². The van der Waals surface area contributed by atoms with Gasteiger partial charge in [0.1, 0.15) is 0 Å². The molecule has 1 atom stereocenters. The van der Waals surface area contributed by atoms with E-state index in [1.54, 1.807) is 0 Å². The predicted molar refractivity (Wildman–Crippen MR) is 86.2 cm³/mol. The first-order valence-corrected chi connectivity index (χ1v) is 7.80. The smallest absolute Gasteiger partial charge is 0.0640 e. The van der Waals surface area contributed by atoms with Crippen molar-refractivity contribution in [3.05, 3.63) is 18.0 Å². The van der Waals surface area contributed by atoms with Crippen LogP contribution in [0.4, 0.5) is 0 Å². The summed E-state index contributed by atoms with van der Waals surface area (Å²) in [5.41, 5.74) is 1.35. The first-order valence-electron chi connectivity index (χ1n) is 7.80. The summed E-state index contributed by atoms with van der Waals surface area (Å²) < 4.78 is 2.04. The molecule has 4 nitrogen and oxygen atoms in total. The number of hydrogen-bond acceptors (Lipinski definition) is 3. The molecule has 1 rings (SSSR count). The Morgan fingerprint density at radius 2 is 1.90 bits per heavy atom. The highest BCUT2D eigenvalue weighted by Gasteiger charge is 2.37. The Bertz CT molecular complexity index is 391. The summed E-state index contributed by atoms with van der Waals surface area (Å²) in [4.78, 5) is 2.37. The monoisotopic (exact) mass is 280 g/mol. The van der Waals surface area contributed by atoms with E-state index in [-0.39, 0.29) is 5.54 Å². The molecule has 0 spiro atoms. The molecule has 0 fully saturated rings. The standard InChI is InChI=1S/C16H32N4/c1-8-16(9-2,19(6)7)15(17-5)12-14-10-11-20(18-14)13(3)4/h10-11,13,15,17H,8-9,12H2,1-7H3. The van der Waals surface area contributed by atoms with E-state index in [1.165, 1.54) is 5.69 Å². The maximum absolute atomic E-state index is 4.70. The van der Waals surface area contributed by atoms with Crippen LogP contribution in [0, 0.1) is 0 Å². The lowest BCUT2D eigenvalue weighted by Crippen LogP contribution is -2.58. The molecule has 1 aromatic heterocycles. The summed E-state index contributed by atoms with van der Waals surface area (Å²) in [5, 5.41) is 8.22. The third-order valence-electron chi connectivity index (χ3n) is 4.72. The summed E-state index contributed by atoms with van der Waals surface area (Å²) in [6, 6.07) is 2.98. The minimum Gasteiger partial charge on any atom is -0.315 e. The van der Waals surface area contributed by atoms with Crippen LogP contribution >= 0.6 is 0 Å². The van der Waals surface area contributed by atoms with E-state index in [4.69, 9.17) is 5.10 Å². The van der Waals surface area contributed by atoms with Gasteiger partial charge in [-0.05, 0) is 53.9 Å². The molecule has 0 aromatic carbocycles. The Hall–Kier alpha value is -0.870. The van der Waals surface area contributed by atoms with E-state index < -0.39 is 0 Å². The highest BCUT2D eigenvalue weighted by Crippen LogP contribution is 2.27. The fraction of sp³-hybridized carbons (Fsp3) is 0.812. The van der Waals surface area contributed by atoms with Gasteiger partial charge in [-0.25, -0.2) is 0 Å². The van der Waals surface area contributed by atoms with Crippen molar-refractivity contribution in [1.82, 2.24) is 20.0 Å². The van der Waals surface area contributed by atoms with E-state index in [2.05, 4.69) is 71.3 Å². The second-order valence-corrected chi connectivity index (χ2v) is 6.13. The Morgan fingerprint density at radius 3 is 2.25 bits per heavy atom. The Morgan fingerprint density at radius 1 is 1.30 bits per heavy atom. The van der Waals surface area contributed by atoms with E-state index >= 15 is 0 Å². The molecule has 116 valence electrons. The number of nitrogens with one attached hydrogen (secondary N) is 1. The van der Waals surface area contributed by atoms with Crippen molar-refractivity contribution in [2.75, 3.05) is 21.1 Å². The van der Waals surface area contributed by atoms with Crippen LogP contribution in [0.15, 0.2) is 12.3 Å². The van der Waals surface area contributed by atoms with Crippen LogP contribution in [-0.4, -0.2) is 47.4 Å². The van der Waals surface area contributed by atoms with Crippen LogP contribution in [0.1, 0.15) is 52.3 Å². The van der Waals surface area contributed by atoms with Crippen molar-refractivity contribution in [3.63, 3.8) is 0 Å². The van der Waals surface area contributed by atoms with Gasteiger partial charge in [0, 0.05) is 30.2 Å². The lowest BCUT2D eigenvalue weighted by atomic mass is 9.81. The average molecular weight is 280 g/mol. The first kappa shape index (κ1) is 17.2. The van der Waals surface area contributed by atoms with Crippen LogP contribution in [0.3, 0.4) is 0 Å². The molecule has 0 saturated carbocycles. The highest BCUT2D eigenvalue weighted by molar-refractivity contribution is 5.07. The van der Waals surface area contributed by atoms with Crippen molar-refractivity contribution in [2.24, 2.45) is 0 Å². The molecule has 0 radical (unpaired) electrons. The molecule has 0 aliphatic heterocycles. The van der Waals surface area contributed by atoms with Crippen LogP contribution in [0.2, 0.25) is 0 Å². The van der Waals surface area contributed by atoms with Gasteiger partial charge in [0.2, 0.25) is 0 Å². The largest absolute Gasteiger partial charge is 0.315 e. The summed E-state index contributed by atoms with van der Waals surface area (Å²) in [6.07, 6.45) is 5.32. The van der Waals surface area contributed by atoms with Gasteiger partial charge in [0.25, 0.3) is 0 Å². The van der Waals surface area contributed by atoms with Crippen LogP contribution < -0.4 is 5.32 Å². The van der Waals surface area contributed by atoms with Gasteiger partial charge in [-0.3, -0.25) is 4.68 Å². The van der Waals surface area contributed by atoms with Crippen molar-refractivity contribution in [3.8, 4) is 0 Å². The highest BCUT2D eigenvalue weighted by atomic mass is 15.3. The van der Waals surface area contributed by atoms with Gasteiger partial charge >= 0.3 is 0 Å². The van der Waals surface area contributed by atoms with E-state index in [0.717, 1.165) is 19.3 Å². The normalized spacial score (nSPS) is 14.2. The maximum Gasteiger partial charge on any atom is 0.0640 e.